The monoisotopic (exact) mass is 349 g/mol. The predicted octanol–water partition coefficient (Wildman–Crippen LogP) is 2.58. The van der Waals surface area contributed by atoms with Crippen LogP contribution in [0.5, 0.6) is 0 Å². The maximum atomic E-state index is 4.77. The smallest absolute Gasteiger partial charge is 0.163 e. The molecule has 1 aliphatic rings. The molecule has 1 aliphatic heterocycles. The van der Waals surface area contributed by atoms with Crippen molar-refractivity contribution < 1.29 is 0 Å². The molecule has 1 saturated heterocycles. The number of anilines is 2. The van der Waals surface area contributed by atoms with E-state index in [9.17, 15) is 0 Å². The van der Waals surface area contributed by atoms with E-state index in [4.69, 9.17) is 4.98 Å². The molecule has 134 valence electrons. The summed E-state index contributed by atoms with van der Waals surface area (Å²) in [7, 11) is 1.95. The Kier molecular flexibility index (Phi) is 4.28. The van der Waals surface area contributed by atoms with Crippen molar-refractivity contribution in [2.24, 2.45) is 7.05 Å². The van der Waals surface area contributed by atoms with Crippen LogP contribution in [0, 0.1) is 13.8 Å². The van der Waals surface area contributed by atoms with Gasteiger partial charge in [0.1, 0.15) is 5.82 Å². The summed E-state index contributed by atoms with van der Waals surface area (Å²) < 4.78 is 1.84. The second kappa shape index (κ2) is 6.74. The third kappa shape index (κ3) is 3.24. The van der Waals surface area contributed by atoms with Gasteiger partial charge in [0.15, 0.2) is 5.82 Å². The lowest BCUT2D eigenvalue weighted by atomic mass is 10.2. The van der Waals surface area contributed by atoms with E-state index in [0.29, 0.717) is 11.9 Å². The molecule has 3 aromatic heterocycles. The molecule has 1 N–H and O–H groups in total. The molecule has 0 aliphatic carbocycles. The van der Waals surface area contributed by atoms with E-state index in [1.165, 1.54) is 5.69 Å². The molecule has 1 atom stereocenters. The van der Waals surface area contributed by atoms with Crippen molar-refractivity contribution in [3.05, 3.63) is 48.2 Å². The van der Waals surface area contributed by atoms with E-state index in [0.717, 1.165) is 42.1 Å². The third-order valence-corrected chi connectivity index (χ3v) is 4.89. The number of aryl methyl sites for hydroxylation is 2. The molecule has 7 heteroatoms. The van der Waals surface area contributed by atoms with Crippen LogP contribution in [0.1, 0.15) is 17.7 Å². The van der Waals surface area contributed by atoms with Crippen LogP contribution in [0.15, 0.2) is 36.9 Å². The van der Waals surface area contributed by atoms with Crippen LogP contribution in [0.3, 0.4) is 0 Å². The van der Waals surface area contributed by atoms with Gasteiger partial charge in [0, 0.05) is 61.6 Å². The van der Waals surface area contributed by atoms with Crippen LogP contribution in [0.2, 0.25) is 0 Å². The average molecular weight is 349 g/mol. The minimum absolute atomic E-state index is 0.352. The minimum atomic E-state index is 0.352. The highest BCUT2D eigenvalue weighted by atomic mass is 15.3. The molecule has 4 heterocycles. The summed E-state index contributed by atoms with van der Waals surface area (Å²) in [5.41, 5.74) is 4.19. The fraction of sp³-hybridized carbons (Fsp3) is 0.368. The van der Waals surface area contributed by atoms with Gasteiger partial charge in [-0.2, -0.15) is 5.10 Å². The van der Waals surface area contributed by atoms with E-state index < -0.39 is 0 Å². The van der Waals surface area contributed by atoms with Gasteiger partial charge in [0.2, 0.25) is 0 Å². The van der Waals surface area contributed by atoms with Gasteiger partial charge in [-0.1, -0.05) is 0 Å². The molecular formula is C19H23N7. The Bertz CT molecular complexity index is 904. The molecule has 0 saturated carbocycles. The molecule has 1 fully saturated rings. The summed E-state index contributed by atoms with van der Waals surface area (Å²) in [4.78, 5) is 15.9. The van der Waals surface area contributed by atoms with Gasteiger partial charge in [-0.15, -0.1) is 0 Å². The normalized spacial score (nSPS) is 16.9. The first kappa shape index (κ1) is 16.5. The van der Waals surface area contributed by atoms with Crippen LogP contribution in [0.25, 0.3) is 11.4 Å². The summed E-state index contributed by atoms with van der Waals surface area (Å²) >= 11 is 0. The summed E-state index contributed by atoms with van der Waals surface area (Å²) in [5.74, 6) is 1.63. The SMILES string of the molecule is Cc1nc(-c2cccnc2)nc(N[C@H]2CCN(c3cnn(C)c3)C2)c1C. The first-order valence-corrected chi connectivity index (χ1v) is 8.86. The maximum Gasteiger partial charge on any atom is 0.163 e. The minimum Gasteiger partial charge on any atom is -0.367 e. The Labute approximate surface area is 153 Å². The van der Waals surface area contributed by atoms with Crippen molar-refractivity contribution in [3.8, 4) is 11.4 Å². The van der Waals surface area contributed by atoms with Gasteiger partial charge in [0.25, 0.3) is 0 Å². The molecule has 0 radical (unpaired) electrons. The summed E-state index contributed by atoms with van der Waals surface area (Å²) in [5, 5.41) is 7.90. The zero-order valence-corrected chi connectivity index (χ0v) is 15.3. The van der Waals surface area contributed by atoms with Crippen molar-refractivity contribution in [3.63, 3.8) is 0 Å². The van der Waals surface area contributed by atoms with Gasteiger partial charge in [-0.25, -0.2) is 9.97 Å². The molecule has 4 rings (SSSR count). The maximum absolute atomic E-state index is 4.77. The Balaban J connectivity index is 1.54. The summed E-state index contributed by atoms with van der Waals surface area (Å²) in [6, 6.07) is 4.24. The Morgan fingerprint density at radius 3 is 2.81 bits per heavy atom. The van der Waals surface area contributed by atoms with Crippen molar-refractivity contribution in [1.82, 2.24) is 24.7 Å². The van der Waals surface area contributed by atoms with Gasteiger partial charge in [0.05, 0.1) is 11.9 Å². The number of nitrogens with one attached hydrogen (secondary N) is 1. The van der Waals surface area contributed by atoms with Gasteiger partial charge in [-0.3, -0.25) is 9.67 Å². The van der Waals surface area contributed by atoms with Crippen LogP contribution in [0.4, 0.5) is 11.5 Å². The molecule has 26 heavy (non-hydrogen) atoms. The number of pyridine rings is 1. The fourth-order valence-electron chi connectivity index (χ4n) is 3.27. The summed E-state index contributed by atoms with van der Waals surface area (Å²) in [6.45, 7) is 6.05. The summed E-state index contributed by atoms with van der Waals surface area (Å²) in [6.07, 6.45) is 8.61. The van der Waals surface area contributed by atoms with E-state index in [-0.39, 0.29) is 0 Å². The number of nitrogens with zero attached hydrogens (tertiary/aromatic N) is 6. The Morgan fingerprint density at radius 1 is 1.19 bits per heavy atom. The number of aromatic nitrogens is 5. The molecular weight excluding hydrogens is 326 g/mol. The molecule has 0 unspecified atom stereocenters. The lowest BCUT2D eigenvalue weighted by Crippen LogP contribution is -2.26. The highest BCUT2D eigenvalue weighted by Gasteiger charge is 2.24. The first-order valence-electron chi connectivity index (χ1n) is 8.86. The van der Waals surface area contributed by atoms with Crippen LogP contribution in [-0.4, -0.2) is 43.9 Å². The van der Waals surface area contributed by atoms with Gasteiger partial charge >= 0.3 is 0 Å². The number of hydrogen-bond donors (Lipinski definition) is 1. The zero-order chi connectivity index (χ0) is 18.1. The Hall–Kier alpha value is -2.96. The van der Waals surface area contributed by atoms with Crippen LogP contribution in [-0.2, 0) is 7.05 Å². The number of hydrogen-bond acceptors (Lipinski definition) is 6. The largest absolute Gasteiger partial charge is 0.367 e. The molecule has 3 aromatic rings. The first-order chi connectivity index (χ1) is 12.6. The van der Waals surface area contributed by atoms with E-state index >= 15 is 0 Å². The highest BCUT2D eigenvalue weighted by molar-refractivity contribution is 5.59. The topological polar surface area (TPSA) is 71.8 Å². The zero-order valence-electron chi connectivity index (χ0n) is 15.3. The highest BCUT2D eigenvalue weighted by Crippen LogP contribution is 2.25. The van der Waals surface area contributed by atoms with Crippen molar-refractivity contribution in [1.29, 1.82) is 0 Å². The quantitative estimate of drug-likeness (QED) is 0.780. The lowest BCUT2D eigenvalue weighted by molar-refractivity contribution is 0.767. The average Bonchev–Trinajstić information content (AvgIpc) is 3.28. The predicted molar refractivity (Wildman–Crippen MR) is 102 cm³/mol. The van der Waals surface area contributed by atoms with Crippen LogP contribution < -0.4 is 10.2 Å². The van der Waals surface area contributed by atoms with Crippen molar-refractivity contribution in [2.75, 3.05) is 23.3 Å². The molecule has 0 amide bonds. The van der Waals surface area contributed by atoms with E-state index in [1.807, 2.05) is 37.0 Å². The lowest BCUT2D eigenvalue weighted by Gasteiger charge is -2.19. The second-order valence-electron chi connectivity index (χ2n) is 6.80. The van der Waals surface area contributed by atoms with Crippen molar-refractivity contribution >= 4 is 11.5 Å². The standard InChI is InChI=1S/C19H23N7/c1-13-14(2)22-19(15-5-4-7-20-9-15)24-18(13)23-16-6-8-26(11-16)17-10-21-25(3)12-17/h4-5,7,9-10,12,16H,6,8,11H2,1-3H3,(H,22,23,24)/t16-/m0/s1. The fourth-order valence-corrected chi connectivity index (χ4v) is 3.27. The van der Waals surface area contributed by atoms with Crippen molar-refractivity contribution in [2.45, 2.75) is 26.3 Å². The van der Waals surface area contributed by atoms with Gasteiger partial charge < -0.3 is 10.2 Å². The molecule has 0 bridgehead atoms. The Morgan fingerprint density at radius 2 is 2.08 bits per heavy atom. The van der Waals surface area contributed by atoms with E-state index in [1.54, 1.807) is 12.4 Å². The van der Waals surface area contributed by atoms with Crippen LogP contribution >= 0.6 is 0 Å². The van der Waals surface area contributed by atoms with E-state index in [2.05, 4.69) is 38.4 Å². The number of rotatable bonds is 4. The molecule has 0 spiro atoms. The molecule has 7 nitrogen and oxygen atoms in total. The third-order valence-electron chi connectivity index (χ3n) is 4.89. The second-order valence-corrected chi connectivity index (χ2v) is 6.80. The van der Waals surface area contributed by atoms with Gasteiger partial charge in [-0.05, 0) is 32.4 Å². The molecule has 0 aromatic carbocycles.